The van der Waals surface area contributed by atoms with Crippen LogP contribution in [0.4, 0.5) is 11.6 Å². The van der Waals surface area contributed by atoms with Gasteiger partial charge in [-0.1, -0.05) is 12.5 Å². The molecular weight excluding hydrogens is 212 g/mol. The van der Waals surface area contributed by atoms with Crippen molar-refractivity contribution in [3.63, 3.8) is 0 Å². The molecule has 3 atom stereocenters. The number of rotatable bonds is 4. The number of nitrogen functional groups attached to an aromatic ring is 1. The molecule has 3 rings (SSSR count). The lowest BCUT2D eigenvalue weighted by Gasteiger charge is -2.22. The first-order valence-electron chi connectivity index (χ1n) is 6.52. The van der Waals surface area contributed by atoms with E-state index in [4.69, 9.17) is 5.84 Å². The minimum absolute atomic E-state index is 0.711. The first-order valence-corrected chi connectivity index (χ1v) is 6.52. The van der Waals surface area contributed by atoms with Gasteiger partial charge in [-0.05, 0) is 49.1 Å². The van der Waals surface area contributed by atoms with Crippen LogP contribution in [-0.4, -0.2) is 11.5 Å². The first kappa shape index (κ1) is 10.8. The summed E-state index contributed by atoms with van der Waals surface area (Å²) in [6.45, 7) is 1.06. The van der Waals surface area contributed by atoms with Crippen molar-refractivity contribution in [1.29, 1.82) is 0 Å². The average molecular weight is 232 g/mol. The molecule has 2 bridgehead atoms. The van der Waals surface area contributed by atoms with Gasteiger partial charge in [-0.3, -0.25) is 0 Å². The fourth-order valence-electron chi connectivity index (χ4n) is 3.48. The molecule has 92 valence electrons. The Morgan fingerprint density at radius 1 is 1.24 bits per heavy atom. The van der Waals surface area contributed by atoms with Gasteiger partial charge in [0.25, 0.3) is 0 Å². The van der Waals surface area contributed by atoms with E-state index in [1.54, 1.807) is 0 Å². The van der Waals surface area contributed by atoms with Crippen molar-refractivity contribution in [2.45, 2.75) is 25.7 Å². The summed E-state index contributed by atoms with van der Waals surface area (Å²) >= 11 is 0. The summed E-state index contributed by atoms with van der Waals surface area (Å²) in [7, 11) is 0. The Labute approximate surface area is 102 Å². The number of fused-ring (bicyclic) bond motifs is 2. The molecular formula is C13H20N4. The zero-order valence-corrected chi connectivity index (χ0v) is 10.0. The number of aromatic nitrogens is 1. The molecule has 0 aromatic carbocycles. The number of hydrogen-bond acceptors (Lipinski definition) is 4. The second-order valence-corrected chi connectivity index (χ2v) is 5.37. The van der Waals surface area contributed by atoms with Gasteiger partial charge >= 0.3 is 0 Å². The summed E-state index contributed by atoms with van der Waals surface area (Å²) in [5.74, 6) is 9.80. The van der Waals surface area contributed by atoms with Crippen LogP contribution < -0.4 is 16.6 Å². The van der Waals surface area contributed by atoms with Crippen LogP contribution in [0.5, 0.6) is 0 Å². The van der Waals surface area contributed by atoms with E-state index in [1.807, 2.05) is 18.2 Å². The molecule has 0 amide bonds. The second kappa shape index (κ2) is 4.53. The molecule has 0 saturated heterocycles. The molecule has 0 radical (unpaired) electrons. The molecule has 4 N–H and O–H groups in total. The normalized spacial score (nSPS) is 30.5. The van der Waals surface area contributed by atoms with Crippen LogP contribution >= 0.6 is 0 Å². The second-order valence-electron chi connectivity index (χ2n) is 5.37. The summed E-state index contributed by atoms with van der Waals surface area (Å²) in [4.78, 5) is 4.37. The van der Waals surface area contributed by atoms with Crippen molar-refractivity contribution in [3.05, 3.63) is 18.2 Å². The third kappa shape index (κ3) is 2.22. The van der Waals surface area contributed by atoms with Crippen LogP contribution in [0.15, 0.2) is 18.2 Å². The highest BCUT2D eigenvalue weighted by atomic mass is 15.3. The van der Waals surface area contributed by atoms with Gasteiger partial charge in [0.1, 0.15) is 11.6 Å². The largest absolute Gasteiger partial charge is 0.370 e. The average Bonchev–Trinajstić information content (AvgIpc) is 2.99. The van der Waals surface area contributed by atoms with Gasteiger partial charge in [0.05, 0.1) is 0 Å². The van der Waals surface area contributed by atoms with Crippen molar-refractivity contribution in [2.75, 3.05) is 17.3 Å². The molecule has 2 aliphatic carbocycles. The zero-order chi connectivity index (χ0) is 11.7. The quantitative estimate of drug-likeness (QED) is 0.550. The van der Waals surface area contributed by atoms with Crippen molar-refractivity contribution in [1.82, 2.24) is 4.98 Å². The van der Waals surface area contributed by atoms with Crippen LogP contribution in [0.25, 0.3) is 0 Å². The number of nitrogens with zero attached hydrogens (tertiary/aromatic N) is 1. The highest BCUT2D eigenvalue weighted by Gasteiger charge is 2.38. The van der Waals surface area contributed by atoms with Gasteiger partial charge in [0, 0.05) is 6.54 Å². The van der Waals surface area contributed by atoms with Crippen LogP contribution in [-0.2, 0) is 0 Å². The minimum atomic E-state index is 0.711. The third-order valence-electron chi connectivity index (χ3n) is 4.33. The lowest BCUT2D eigenvalue weighted by atomic mass is 9.89. The topological polar surface area (TPSA) is 63.0 Å². The molecule has 0 aliphatic heterocycles. The van der Waals surface area contributed by atoms with E-state index in [0.29, 0.717) is 5.82 Å². The number of nitrogens with two attached hydrogens (primary N) is 1. The summed E-state index contributed by atoms with van der Waals surface area (Å²) in [5.41, 5.74) is 2.57. The molecule has 1 heterocycles. The third-order valence-corrected chi connectivity index (χ3v) is 4.33. The maximum Gasteiger partial charge on any atom is 0.142 e. The summed E-state index contributed by atoms with van der Waals surface area (Å²) in [5, 5.41) is 3.44. The molecule has 1 aromatic rings. The molecule has 0 spiro atoms. The first-order chi connectivity index (χ1) is 8.35. The standard InChI is InChI=1S/C13H20N4/c14-17-13-3-1-2-12(16-13)15-8-11-7-9-4-5-10(11)6-9/h1-3,9-11H,4-8,14H2,(H2,15,16,17). The van der Waals surface area contributed by atoms with Gasteiger partial charge in [-0.2, -0.15) is 0 Å². The number of nitrogens with one attached hydrogen (secondary N) is 2. The van der Waals surface area contributed by atoms with Gasteiger partial charge in [0.2, 0.25) is 0 Å². The van der Waals surface area contributed by atoms with E-state index in [9.17, 15) is 0 Å². The van der Waals surface area contributed by atoms with E-state index in [2.05, 4.69) is 15.7 Å². The predicted molar refractivity (Wildman–Crippen MR) is 69.5 cm³/mol. The number of pyridine rings is 1. The van der Waals surface area contributed by atoms with Crippen LogP contribution in [0.2, 0.25) is 0 Å². The Balaban J connectivity index is 1.56. The van der Waals surface area contributed by atoms with Crippen molar-refractivity contribution < 1.29 is 0 Å². The molecule has 3 unspecified atom stereocenters. The maximum absolute atomic E-state index is 5.35. The van der Waals surface area contributed by atoms with Crippen molar-refractivity contribution in [2.24, 2.45) is 23.6 Å². The lowest BCUT2D eigenvalue weighted by molar-refractivity contribution is 0.348. The highest BCUT2D eigenvalue weighted by molar-refractivity contribution is 5.44. The fraction of sp³-hybridized carbons (Fsp3) is 0.615. The van der Waals surface area contributed by atoms with Gasteiger partial charge in [-0.25, -0.2) is 10.8 Å². The Kier molecular flexibility index (Phi) is 2.89. The molecule has 2 aliphatic rings. The van der Waals surface area contributed by atoms with E-state index in [0.717, 1.165) is 30.1 Å². The lowest BCUT2D eigenvalue weighted by Crippen LogP contribution is -2.20. The van der Waals surface area contributed by atoms with Gasteiger partial charge < -0.3 is 10.7 Å². The Bertz CT molecular complexity index is 393. The van der Waals surface area contributed by atoms with Crippen LogP contribution in [0, 0.1) is 17.8 Å². The summed E-state index contributed by atoms with van der Waals surface area (Å²) < 4.78 is 0. The van der Waals surface area contributed by atoms with Gasteiger partial charge in [0.15, 0.2) is 0 Å². The maximum atomic E-state index is 5.35. The Hall–Kier alpha value is -1.29. The van der Waals surface area contributed by atoms with E-state index in [1.165, 1.54) is 25.7 Å². The van der Waals surface area contributed by atoms with E-state index < -0.39 is 0 Å². The summed E-state index contributed by atoms with van der Waals surface area (Å²) in [6, 6.07) is 5.82. The SMILES string of the molecule is NNc1cccc(NCC2CC3CCC2C3)n1. The molecule has 4 nitrogen and oxygen atoms in total. The molecule has 17 heavy (non-hydrogen) atoms. The minimum Gasteiger partial charge on any atom is -0.370 e. The predicted octanol–water partition coefficient (Wildman–Crippen LogP) is 2.22. The number of hydrogen-bond donors (Lipinski definition) is 3. The monoisotopic (exact) mass is 232 g/mol. The molecule has 2 fully saturated rings. The van der Waals surface area contributed by atoms with E-state index in [-0.39, 0.29) is 0 Å². The number of hydrazine groups is 1. The highest BCUT2D eigenvalue weighted by Crippen LogP contribution is 2.48. The van der Waals surface area contributed by atoms with Crippen molar-refractivity contribution in [3.8, 4) is 0 Å². The van der Waals surface area contributed by atoms with Crippen LogP contribution in [0.1, 0.15) is 25.7 Å². The van der Waals surface area contributed by atoms with E-state index >= 15 is 0 Å². The van der Waals surface area contributed by atoms with Gasteiger partial charge in [-0.15, -0.1) is 0 Å². The molecule has 4 heteroatoms. The Morgan fingerprint density at radius 3 is 2.82 bits per heavy atom. The fourth-order valence-corrected chi connectivity index (χ4v) is 3.48. The zero-order valence-electron chi connectivity index (χ0n) is 10.0. The smallest absolute Gasteiger partial charge is 0.142 e. The number of anilines is 2. The molecule has 2 saturated carbocycles. The molecule has 1 aromatic heterocycles. The van der Waals surface area contributed by atoms with Crippen molar-refractivity contribution >= 4 is 11.6 Å². The Morgan fingerprint density at radius 2 is 2.12 bits per heavy atom. The van der Waals surface area contributed by atoms with Crippen LogP contribution in [0.3, 0.4) is 0 Å². The summed E-state index contributed by atoms with van der Waals surface area (Å²) in [6.07, 6.45) is 5.78.